The number of hydrogen-bond acceptors (Lipinski definition) is 6. The fourth-order valence-electron chi connectivity index (χ4n) is 2.53. The van der Waals surface area contributed by atoms with Gasteiger partial charge in [0.2, 0.25) is 0 Å². The molecule has 112 valence electrons. The van der Waals surface area contributed by atoms with E-state index in [4.69, 9.17) is 0 Å². The summed E-state index contributed by atoms with van der Waals surface area (Å²) in [6, 6.07) is 2.63. The SMILES string of the molecule is CCNc1cc(N(C)C2CCN(C)CC2)nc(SC)n1. The topological polar surface area (TPSA) is 44.3 Å². The summed E-state index contributed by atoms with van der Waals surface area (Å²) in [4.78, 5) is 13.8. The zero-order valence-corrected chi connectivity index (χ0v) is 13.7. The van der Waals surface area contributed by atoms with Crippen LogP contribution in [0, 0.1) is 0 Å². The van der Waals surface area contributed by atoms with Crippen molar-refractivity contribution >= 4 is 23.4 Å². The Morgan fingerprint density at radius 3 is 2.70 bits per heavy atom. The molecule has 1 N–H and O–H groups in total. The highest BCUT2D eigenvalue weighted by Gasteiger charge is 2.22. The van der Waals surface area contributed by atoms with Crippen LogP contribution in [0.4, 0.5) is 11.6 Å². The Labute approximate surface area is 126 Å². The molecule has 0 aromatic carbocycles. The standard InChI is InChI=1S/C14H25N5S/c1-5-15-12-10-13(17-14(16-12)20-4)19(3)11-6-8-18(2)9-7-11/h10-11H,5-9H2,1-4H3,(H,15,16,17). The average molecular weight is 295 g/mol. The molecule has 1 aromatic rings. The summed E-state index contributed by atoms with van der Waals surface area (Å²) < 4.78 is 0. The Kier molecular flexibility index (Phi) is 5.48. The van der Waals surface area contributed by atoms with Gasteiger partial charge in [-0.25, -0.2) is 9.97 Å². The van der Waals surface area contributed by atoms with Crippen molar-refractivity contribution < 1.29 is 0 Å². The van der Waals surface area contributed by atoms with Gasteiger partial charge in [0.15, 0.2) is 5.16 Å². The summed E-state index contributed by atoms with van der Waals surface area (Å²) in [6.07, 6.45) is 4.41. The van der Waals surface area contributed by atoms with Gasteiger partial charge in [-0.15, -0.1) is 0 Å². The maximum atomic E-state index is 4.65. The molecular weight excluding hydrogens is 270 g/mol. The number of thioether (sulfide) groups is 1. The number of rotatable bonds is 5. The summed E-state index contributed by atoms with van der Waals surface area (Å²) in [5.41, 5.74) is 0. The predicted octanol–water partition coefficient (Wildman–Crippen LogP) is 2.16. The van der Waals surface area contributed by atoms with Gasteiger partial charge in [0, 0.05) is 25.7 Å². The van der Waals surface area contributed by atoms with Gasteiger partial charge in [0.25, 0.3) is 0 Å². The minimum atomic E-state index is 0.574. The molecule has 0 saturated carbocycles. The third-order valence-electron chi connectivity index (χ3n) is 3.83. The van der Waals surface area contributed by atoms with Gasteiger partial charge in [-0.1, -0.05) is 11.8 Å². The lowest BCUT2D eigenvalue weighted by atomic mass is 10.0. The van der Waals surface area contributed by atoms with Crippen molar-refractivity contribution in [1.82, 2.24) is 14.9 Å². The summed E-state index contributed by atoms with van der Waals surface area (Å²) in [5, 5.41) is 4.12. The number of nitrogens with zero attached hydrogens (tertiary/aromatic N) is 4. The van der Waals surface area contributed by atoms with E-state index in [2.05, 4.69) is 52.2 Å². The van der Waals surface area contributed by atoms with Crippen molar-refractivity contribution in [2.75, 3.05) is 50.2 Å². The molecule has 0 atom stereocenters. The van der Waals surface area contributed by atoms with E-state index in [1.54, 1.807) is 11.8 Å². The lowest BCUT2D eigenvalue weighted by Crippen LogP contribution is -2.42. The fourth-order valence-corrected chi connectivity index (χ4v) is 2.90. The van der Waals surface area contributed by atoms with Crippen molar-refractivity contribution in [3.63, 3.8) is 0 Å². The van der Waals surface area contributed by atoms with Crippen molar-refractivity contribution in [1.29, 1.82) is 0 Å². The van der Waals surface area contributed by atoms with Gasteiger partial charge in [-0.2, -0.15) is 0 Å². The summed E-state index contributed by atoms with van der Waals surface area (Å²) >= 11 is 1.59. The first-order valence-corrected chi connectivity index (χ1v) is 8.44. The Hall–Kier alpha value is -1.01. The van der Waals surface area contributed by atoms with Gasteiger partial charge in [0.05, 0.1) is 0 Å². The van der Waals surface area contributed by atoms with E-state index >= 15 is 0 Å². The average Bonchev–Trinajstić information content (AvgIpc) is 2.47. The molecule has 1 aromatic heterocycles. The lowest BCUT2D eigenvalue weighted by Gasteiger charge is -2.35. The van der Waals surface area contributed by atoms with Crippen molar-refractivity contribution in [2.45, 2.75) is 31.0 Å². The quantitative estimate of drug-likeness (QED) is 0.663. The Bertz CT molecular complexity index is 432. The number of piperidine rings is 1. The van der Waals surface area contributed by atoms with Crippen LogP contribution in [0.1, 0.15) is 19.8 Å². The largest absolute Gasteiger partial charge is 0.370 e. The number of aromatic nitrogens is 2. The van der Waals surface area contributed by atoms with Crippen LogP contribution in [-0.4, -0.2) is 60.9 Å². The van der Waals surface area contributed by atoms with E-state index in [-0.39, 0.29) is 0 Å². The van der Waals surface area contributed by atoms with Crippen LogP contribution in [-0.2, 0) is 0 Å². The smallest absolute Gasteiger partial charge is 0.191 e. The first-order chi connectivity index (χ1) is 9.63. The molecule has 0 amide bonds. The number of anilines is 2. The highest BCUT2D eigenvalue weighted by molar-refractivity contribution is 7.98. The molecule has 6 heteroatoms. The molecule has 0 radical (unpaired) electrons. The van der Waals surface area contributed by atoms with Gasteiger partial charge >= 0.3 is 0 Å². The van der Waals surface area contributed by atoms with Gasteiger partial charge in [0.1, 0.15) is 11.6 Å². The van der Waals surface area contributed by atoms with Crippen LogP contribution in [0.2, 0.25) is 0 Å². The van der Waals surface area contributed by atoms with E-state index in [1.807, 2.05) is 6.26 Å². The normalized spacial score (nSPS) is 17.2. The van der Waals surface area contributed by atoms with E-state index < -0.39 is 0 Å². The Balaban J connectivity index is 2.15. The highest BCUT2D eigenvalue weighted by atomic mass is 32.2. The van der Waals surface area contributed by atoms with Gasteiger partial charge in [-0.05, 0) is 46.2 Å². The molecule has 1 fully saturated rings. The molecule has 1 saturated heterocycles. The van der Waals surface area contributed by atoms with Crippen LogP contribution in [0.15, 0.2) is 11.2 Å². The minimum Gasteiger partial charge on any atom is -0.370 e. The van der Waals surface area contributed by atoms with Crippen LogP contribution < -0.4 is 10.2 Å². The van der Waals surface area contributed by atoms with E-state index in [0.717, 1.165) is 36.4 Å². The Morgan fingerprint density at radius 2 is 2.10 bits per heavy atom. The molecule has 2 heterocycles. The zero-order valence-electron chi connectivity index (χ0n) is 12.9. The Morgan fingerprint density at radius 1 is 1.40 bits per heavy atom. The molecule has 0 spiro atoms. The summed E-state index contributed by atoms with van der Waals surface area (Å²) in [5.74, 6) is 1.94. The third kappa shape index (κ3) is 3.76. The zero-order chi connectivity index (χ0) is 14.5. The second-order valence-electron chi connectivity index (χ2n) is 5.27. The van der Waals surface area contributed by atoms with Crippen LogP contribution in [0.3, 0.4) is 0 Å². The van der Waals surface area contributed by atoms with Gasteiger partial charge in [-0.3, -0.25) is 0 Å². The minimum absolute atomic E-state index is 0.574. The van der Waals surface area contributed by atoms with Crippen molar-refractivity contribution in [3.05, 3.63) is 6.07 Å². The van der Waals surface area contributed by atoms with E-state index in [9.17, 15) is 0 Å². The molecule has 0 aliphatic carbocycles. The summed E-state index contributed by atoms with van der Waals surface area (Å²) in [6.45, 7) is 5.29. The summed E-state index contributed by atoms with van der Waals surface area (Å²) in [7, 11) is 4.34. The highest BCUT2D eigenvalue weighted by Crippen LogP contribution is 2.24. The van der Waals surface area contributed by atoms with E-state index in [0.29, 0.717) is 6.04 Å². The molecule has 1 aliphatic heterocycles. The third-order valence-corrected chi connectivity index (χ3v) is 4.38. The van der Waals surface area contributed by atoms with Gasteiger partial charge < -0.3 is 15.1 Å². The van der Waals surface area contributed by atoms with Crippen molar-refractivity contribution in [3.8, 4) is 0 Å². The number of likely N-dealkylation sites (tertiary alicyclic amines) is 1. The molecule has 2 rings (SSSR count). The molecular formula is C14H25N5S. The number of hydrogen-bond donors (Lipinski definition) is 1. The second kappa shape index (κ2) is 7.13. The monoisotopic (exact) mass is 295 g/mol. The van der Waals surface area contributed by atoms with Crippen LogP contribution in [0.5, 0.6) is 0 Å². The fraction of sp³-hybridized carbons (Fsp3) is 0.714. The molecule has 0 unspecified atom stereocenters. The maximum Gasteiger partial charge on any atom is 0.191 e. The van der Waals surface area contributed by atoms with Crippen LogP contribution >= 0.6 is 11.8 Å². The lowest BCUT2D eigenvalue weighted by molar-refractivity contribution is 0.252. The molecule has 20 heavy (non-hydrogen) atoms. The maximum absolute atomic E-state index is 4.65. The molecule has 0 bridgehead atoms. The first-order valence-electron chi connectivity index (χ1n) is 7.22. The second-order valence-corrected chi connectivity index (χ2v) is 6.05. The van der Waals surface area contributed by atoms with Crippen LogP contribution in [0.25, 0.3) is 0 Å². The van der Waals surface area contributed by atoms with E-state index in [1.165, 1.54) is 12.8 Å². The van der Waals surface area contributed by atoms with Crippen molar-refractivity contribution in [2.24, 2.45) is 0 Å². The first kappa shape index (κ1) is 15.4. The number of nitrogens with one attached hydrogen (secondary N) is 1. The molecule has 1 aliphatic rings. The predicted molar refractivity (Wildman–Crippen MR) is 86.9 cm³/mol. The molecule has 5 nitrogen and oxygen atoms in total.